The Hall–Kier alpha value is -2.84. The molecule has 0 radical (unpaired) electrons. The second kappa shape index (κ2) is 25.3. The van der Waals surface area contributed by atoms with Crippen molar-refractivity contribution in [3.05, 3.63) is 83.4 Å². The Morgan fingerprint density at radius 2 is 0.981 bits per heavy atom. The van der Waals surface area contributed by atoms with Crippen LogP contribution in [0.4, 0.5) is 25.2 Å². The van der Waals surface area contributed by atoms with Gasteiger partial charge in [-0.1, -0.05) is 17.9 Å². The van der Waals surface area contributed by atoms with Crippen molar-refractivity contribution in [1.82, 2.24) is 29.6 Å². The molecule has 0 spiro atoms. The van der Waals surface area contributed by atoms with Crippen molar-refractivity contribution in [2.45, 2.75) is 40.0 Å². The maximum absolute atomic E-state index is 13.7. The number of ether oxygens (including phenoxy) is 1. The van der Waals surface area contributed by atoms with E-state index in [4.69, 9.17) is 24.5 Å². The van der Waals surface area contributed by atoms with E-state index in [1.807, 2.05) is 60.9 Å². The first-order valence-corrected chi connectivity index (χ1v) is 17.6. The average Bonchev–Trinajstić information content (AvgIpc) is 2.99. The molecule has 21 heteroatoms. The zero-order valence-electron chi connectivity index (χ0n) is 31.7. The summed E-state index contributed by atoms with van der Waals surface area (Å²) in [6, 6.07) is 15.7. The van der Waals surface area contributed by atoms with Crippen LogP contribution in [0.15, 0.2) is 60.9 Å². The van der Waals surface area contributed by atoms with Gasteiger partial charge in [-0.2, -0.15) is 0 Å². The minimum absolute atomic E-state index is 0. The van der Waals surface area contributed by atoms with E-state index in [-0.39, 0.29) is 44.7 Å². The van der Waals surface area contributed by atoms with Crippen molar-refractivity contribution < 1.29 is 93.8 Å². The SMILES string of the molecule is CC(=O)[O-].CC(=O)[O-].COc1cc(CN(CCN(C)C)Cc2ccccn2)c([O-])c(CN(CCN(C)C)Cc2ccccn2)c1.F[P-](F)(F)(F)(F)F.[Zn+2].[Zn+2]. The molecule has 1 aromatic carbocycles. The number of carboxylic acid groups (broad SMARTS) is 2. The summed E-state index contributed by atoms with van der Waals surface area (Å²) >= 11 is 0. The third kappa shape index (κ3) is 34.9. The Morgan fingerprint density at radius 3 is 1.22 bits per heavy atom. The van der Waals surface area contributed by atoms with Crippen molar-refractivity contribution >= 4 is 19.7 Å². The maximum atomic E-state index is 13.7. The first-order valence-electron chi connectivity index (χ1n) is 15.6. The van der Waals surface area contributed by atoms with E-state index in [2.05, 4.69) is 57.8 Å². The van der Waals surface area contributed by atoms with Crippen molar-refractivity contribution in [2.24, 2.45) is 0 Å². The quantitative estimate of drug-likeness (QED) is 0.125. The monoisotopic (exact) mass is 896 g/mol. The summed E-state index contributed by atoms with van der Waals surface area (Å²) in [6.07, 6.45) is 3.62. The third-order valence-corrected chi connectivity index (χ3v) is 6.19. The van der Waals surface area contributed by atoms with E-state index >= 15 is 0 Å². The van der Waals surface area contributed by atoms with Crippen LogP contribution in [0.5, 0.6) is 11.5 Å². The number of carbonyl (C=O) groups excluding carboxylic acids is 2. The molecular formula is C33H47F6N6O6PZn2. The normalized spacial score (nSPS) is 11.9. The number of carboxylic acids is 2. The van der Waals surface area contributed by atoms with Crippen LogP contribution in [0.3, 0.4) is 0 Å². The molecule has 0 aliphatic rings. The first kappa shape index (κ1) is 55.5. The summed E-state index contributed by atoms with van der Waals surface area (Å²) in [5.41, 5.74) is 3.47. The minimum Gasteiger partial charge on any atom is 2.00 e. The van der Waals surface area contributed by atoms with Crippen molar-refractivity contribution in [1.29, 1.82) is 0 Å². The Balaban J connectivity index is -0.00000130. The zero-order chi connectivity index (χ0) is 40.2. The Bertz CT molecular complexity index is 1390. The summed E-state index contributed by atoms with van der Waals surface area (Å²) in [6.45, 7) is 7.79. The molecule has 0 amide bonds. The predicted molar refractivity (Wildman–Crippen MR) is 181 cm³/mol. The first-order chi connectivity index (χ1) is 23.7. The number of pyridine rings is 2. The number of benzene rings is 1. The van der Waals surface area contributed by atoms with Crippen molar-refractivity contribution in [3.8, 4) is 11.5 Å². The van der Waals surface area contributed by atoms with E-state index < -0.39 is 19.7 Å². The van der Waals surface area contributed by atoms with Crippen LogP contribution in [0, 0.1) is 0 Å². The summed E-state index contributed by atoms with van der Waals surface area (Å²) in [5, 5.41) is 31.5. The Morgan fingerprint density at radius 1 is 0.667 bits per heavy atom. The Kier molecular flexibility index (Phi) is 26.0. The second-order valence-electron chi connectivity index (χ2n) is 11.9. The number of likely N-dealkylation sites (N-methyl/N-ethyl adjacent to an activating group) is 2. The van der Waals surface area contributed by atoms with Crippen LogP contribution in [0.1, 0.15) is 36.4 Å². The van der Waals surface area contributed by atoms with Gasteiger partial charge in [0, 0.05) is 76.7 Å². The largest absolute Gasteiger partial charge is 2.00 e. The molecule has 0 saturated carbocycles. The van der Waals surface area contributed by atoms with E-state index in [0.29, 0.717) is 31.9 Å². The molecule has 0 unspecified atom stereocenters. The molecule has 0 bridgehead atoms. The predicted octanol–water partition coefficient (Wildman–Crippen LogP) is 3.58. The number of nitrogens with zero attached hydrogens (tertiary/aromatic N) is 6. The minimum atomic E-state index is -10.7. The van der Waals surface area contributed by atoms with Crippen LogP contribution in [-0.2, 0) is 74.7 Å². The van der Waals surface area contributed by atoms with E-state index in [9.17, 15) is 30.3 Å². The average molecular weight is 900 g/mol. The number of carbonyl (C=O) groups is 2. The summed E-state index contributed by atoms with van der Waals surface area (Å²) < 4.78 is 64.8. The molecule has 0 N–H and O–H groups in total. The molecule has 2 aromatic heterocycles. The van der Waals surface area contributed by atoms with Gasteiger partial charge in [-0.15, -0.1) is 0 Å². The van der Waals surface area contributed by atoms with E-state index in [0.717, 1.165) is 62.5 Å². The fraction of sp³-hybridized carbons (Fsp3) is 0.455. The van der Waals surface area contributed by atoms with Gasteiger partial charge in [0.15, 0.2) is 0 Å². The Labute approximate surface area is 338 Å². The fourth-order valence-corrected chi connectivity index (χ4v) is 4.11. The van der Waals surface area contributed by atoms with E-state index in [1.54, 1.807) is 7.11 Å². The number of rotatable bonds is 15. The molecule has 0 fully saturated rings. The molecule has 0 saturated heterocycles. The molecule has 0 aliphatic carbocycles. The molecule has 0 aliphatic heterocycles. The molecule has 296 valence electrons. The van der Waals surface area contributed by atoms with Crippen LogP contribution in [-0.4, -0.2) is 103 Å². The summed E-state index contributed by atoms with van der Waals surface area (Å²) in [7, 11) is -0.758. The molecule has 54 heavy (non-hydrogen) atoms. The molecule has 3 rings (SSSR count). The van der Waals surface area contributed by atoms with Crippen LogP contribution in [0.25, 0.3) is 0 Å². The zero-order valence-corrected chi connectivity index (χ0v) is 38.5. The van der Waals surface area contributed by atoms with Gasteiger partial charge in [0.25, 0.3) is 0 Å². The molecular weight excluding hydrogens is 852 g/mol. The van der Waals surface area contributed by atoms with Gasteiger partial charge in [-0.3, -0.25) is 19.8 Å². The van der Waals surface area contributed by atoms with Gasteiger partial charge in [-0.25, -0.2) is 0 Å². The molecule has 2 heterocycles. The number of hydrogen-bond acceptors (Lipinski definition) is 12. The smallest absolute Gasteiger partial charge is 2.00 e. The number of hydrogen-bond donors (Lipinski definition) is 0. The molecule has 3 aromatic rings. The fourth-order valence-electron chi connectivity index (χ4n) is 4.11. The van der Waals surface area contributed by atoms with Gasteiger partial charge in [0.1, 0.15) is 5.75 Å². The van der Waals surface area contributed by atoms with Gasteiger partial charge in [0.05, 0.1) is 18.5 Å². The number of aromatic nitrogens is 2. The topological polar surface area (TPSA) is 151 Å². The summed E-state index contributed by atoms with van der Waals surface area (Å²) in [5.74, 6) is -1.38. The third-order valence-electron chi connectivity index (χ3n) is 6.19. The van der Waals surface area contributed by atoms with Crippen molar-refractivity contribution in [2.75, 3.05) is 61.5 Å². The maximum Gasteiger partial charge on any atom is 2.00 e. The standard InChI is InChI=1S/C29H42N6O2.2C2H4O2.F6P.2Zn/c1-32(2)14-16-34(22-26-10-6-8-12-30-26)20-24-18-28(37-5)19-25(29(24)36)21-35(17-15-33(3)4)23-27-11-7-9-13-31-27;2*1-2(3)4;1-7(2,3,4,5)6;;/h6-13,18-19,36H,14-17,20-23H2,1-5H3;2*1H3,(H,3,4);;;/q;;;-1;2*+2/p-3. The van der Waals surface area contributed by atoms with Crippen molar-refractivity contribution in [3.63, 3.8) is 0 Å². The van der Waals surface area contributed by atoms with Crippen LogP contribution >= 0.6 is 7.81 Å². The van der Waals surface area contributed by atoms with E-state index in [1.165, 1.54) is 0 Å². The molecule has 12 nitrogen and oxygen atoms in total. The van der Waals surface area contributed by atoms with Crippen LogP contribution in [0.2, 0.25) is 0 Å². The van der Waals surface area contributed by atoms with Gasteiger partial charge < -0.3 is 39.4 Å². The van der Waals surface area contributed by atoms with Crippen LogP contribution < -0.4 is 20.1 Å². The second-order valence-corrected chi connectivity index (χ2v) is 13.8. The van der Waals surface area contributed by atoms with Gasteiger partial charge >= 0.3 is 71.9 Å². The number of halogens is 6. The van der Waals surface area contributed by atoms with Gasteiger partial charge in [-0.05, 0) is 89.6 Å². The number of aliphatic carboxylic acids is 2. The van der Waals surface area contributed by atoms with Gasteiger partial charge in [0.2, 0.25) is 0 Å². The molecule has 0 atom stereocenters. The number of methoxy groups -OCH3 is 1. The summed E-state index contributed by atoms with van der Waals surface area (Å²) in [4.78, 5) is 35.6.